The molecule has 2 nitrogen and oxygen atoms in total. The van der Waals surface area contributed by atoms with E-state index in [1.165, 1.54) is 51.5 Å². The van der Waals surface area contributed by atoms with Crippen molar-refractivity contribution in [1.29, 1.82) is 0 Å². The summed E-state index contributed by atoms with van der Waals surface area (Å²) < 4.78 is 0. The van der Waals surface area contributed by atoms with E-state index in [0.29, 0.717) is 11.6 Å². The quantitative estimate of drug-likeness (QED) is 0.731. The van der Waals surface area contributed by atoms with Gasteiger partial charge in [0.05, 0.1) is 0 Å². The van der Waals surface area contributed by atoms with Crippen LogP contribution in [0.25, 0.3) is 0 Å². The fourth-order valence-electron chi connectivity index (χ4n) is 3.38. The first kappa shape index (κ1) is 11.4. The van der Waals surface area contributed by atoms with Crippen molar-refractivity contribution < 1.29 is 0 Å². The fraction of sp³-hybridized carbons (Fsp3) is 1.00. The molecule has 2 fully saturated rings. The van der Waals surface area contributed by atoms with Crippen LogP contribution in [0.2, 0.25) is 0 Å². The van der Waals surface area contributed by atoms with Gasteiger partial charge in [-0.25, -0.2) is 0 Å². The highest BCUT2D eigenvalue weighted by molar-refractivity contribution is 4.98. The molecule has 0 bridgehead atoms. The van der Waals surface area contributed by atoms with Gasteiger partial charge in [0.1, 0.15) is 0 Å². The first-order valence-electron chi connectivity index (χ1n) is 6.71. The third-order valence-corrected chi connectivity index (χ3v) is 4.01. The zero-order valence-electron chi connectivity index (χ0n) is 10.3. The molecular weight excluding hydrogens is 184 g/mol. The van der Waals surface area contributed by atoms with Gasteiger partial charge in [0.15, 0.2) is 0 Å². The van der Waals surface area contributed by atoms with Crippen molar-refractivity contribution in [2.75, 3.05) is 6.54 Å². The maximum Gasteiger partial charge on any atom is 0.0196 e. The third-order valence-electron chi connectivity index (χ3n) is 4.01. The Hall–Kier alpha value is -0.0800. The highest BCUT2D eigenvalue weighted by atomic mass is 15.0. The van der Waals surface area contributed by atoms with Gasteiger partial charge in [-0.15, -0.1) is 0 Å². The van der Waals surface area contributed by atoms with E-state index in [9.17, 15) is 0 Å². The van der Waals surface area contributed by atoms with Crippen molar-refractivity contribution in [3.8, 4) is 0 Å². The minimum Gasteiger partial charge on any atom is -0.312 e. The van der Waals surface area contributed by atoms with Crippen LogP contribution in [0.15, 0.2) is 0 Å². The molecule has 0 aromatic rings. The summed E-state index contributed by atoms with van der Waals surface area (Å²) in [6.07, 6.45) is 9.78. The molecule has 1 aliphatic heterocycles. The smallest absolute Gasteiger partial charge is 0.0196 e. The first-order valence-corrected chi connectivity index (χ1v) is 6.71. The minimum absolute atomic E-state index is 0.503. The van der Waals surface area contributed by atoms with Crippen molar-refractivity contribution in [1.82, 2.24) is 10.6 Å². The molecule has 0 aromatic carbocycles. The predicted molar refractivity (Wildman–Crippen MR) is 65.1 cm³/mol. The first-order chi connectivity index (χ1) is 7.20. The molecule has 1 heterocycles. The number of nitrogens with one attached hydrogen (secondary N) is 2. The molecule has 1 unspecified atom stereocenters. The van der Waals surface area contributed by atoms with Crippen molar-refractivity contribution in [2.45, 2.75) is 76.4 Å². The molecule has 2 rings (SSSR count). The minimum atomic E-state index is 0.503. The highest BCUT2D eigenvalue weighted by Gasteiger charge is 2.36. The molecule has 2 N–H and O–H groups in total. The molecular formula is C13H26N2. The van der Waals surface area contributed by atoms with E-state index in [2.05, 4.69) is 24.5 Å². The molecule has 0 amide bonds. The Bertz CT molecular complexity index is 189. The van der Waals surface area contributed by atoms with Gasteiger partial charge in [-0.2, -0.15) is 0 Å². The fourth-order valence-corrected chi connectivity index (χ4v) is 3.38. The van der Waals surface area contributed by atoms with Crippen LogP contribution < -0.4 is 10.6 Å². The Morgan fingerprint density at radius 3 is 2.60 bits per heavy atom. The van der Waals surface area contributed by atoms with E-state index in [1.54, 1.807) is 0 Å². The second-order valence-corrected chi connectivity index (χ2v) is 5.78. The molecule has 0 radical (unpaired) electrons. The maximum atomic E-state index is 3.80. The van der Waals surface area contributed by atoms with Gasteiger partial charge < -0.3 is 10.6 Å². The lowest BCUT2D eigenvalue weighted by Gasteiger charge is -2.45. The van der Waals surface area contributed by atoms with Crippen molar-refractivity contribution in [3.63, 3.8) is 0 Å². The number of rotatable bonds is 2. The van der Waals surface area contributed by atoms with E-state index in [-0.39, 0.29) is 0 Å². The van der Waals surface area contributed by atoms with Crippen molar-refractivity contribution >= 4 is 0 Å². The molecule has 1 saturated heterocycles. The Morgan fingerprint density at radius 2 is 1.93 bits per heavy atom. The monoisotopic (exact) mass is 210 g/mol. The Balaban J connectivity index is 1.90. The summed E-state index contributed by atoms with van der Waals surface area (Å²) in [7, 11) is 0. The summed E-state index contributed by atoms with van der Waals surface area (Å²) in [6, 6.07) is 1.39. The van der Waals surface area contributed by atoms with Gasteiger partial charge in [-0.05, 0) is 32.2 Å². The van der Waals surface area contributed by atoms with E-state index in [4.69, 9.17) is 0 Å². The van der Waals surface area contributed by atoms with E-state index < -0.39 is 0 Å². The van der Waals surface area contributed by atoms with Crippen LogP contribution in [0, 0.1) is 0 Å². The van der Waals surface area contributed by atoms with Gasteiger partial charge in [-0.3, -0.25) is 0 Å². The SMILES string of the molecule is CC(C)NC1CCNC2(CCCCC2)C1. The molecule has 2 heteroatoms. The molecule has 2 aliphatic rings. The predicted octanol–water partition coefficient (Wildman–Crippen LogP) is 2.44. The van der Waals surface area contributed by atoms with Crippen LogP contribution in [0.4, 0.5) is 0 Å². The Morgan fingerprint density at radius 1 is 1.20 bits per heavy atom. The van der Waals surface area contributed by atoms with Crippen LogP contribution in [-0.4, -0.2) is 24.2 Å². The van der Waals surface area contributed by atoms with Crippen LogP contribution in [0.5, 0.6) is 0 Å². The summed E-state index contributed by atoms with van der Waals surface area (Å²) in [5.41, 5.74) is 0.503. The van der Waals surface area contributed by atoms with Gasteiger partial charge in [0.2, 0.25) is 0 Å². The summed E-state index contributed by atoms with van der Waals surface area (Å²) in [6.45, 7) is 5.73. The highest BCUT2D eigenvalue weighted by Crippen LogP contribution is 2.34. The van der Waals surface area contributed by atoms with E-state index in [0.717, 1.165) is 6.04 Å². The van der Waals surface area contributed by atoms with E-state index in [1.807, 2.05) is 0 Å². The van der Waals surface area contributed by atoms with Gasteiger partial charge in [-0.1, -0.05) is 33.1 Å². The molecule has 1 spiro atoms. The van der Waals surface area contributed by atoms with Crippen LogP contribution >= 0.6 is 0 Å². The summed E-state index contributed by atoms with van der Waals surface area (Å²) >= 11 is 0. The molecule has 1 saturated carbocycles. The zero-order chi connectivity index (χ0) is 10.7. The maximum absolute atomic E-state index is 3.80. The second kappa shape index (κ2) is 4.84. The van der Waals surface area contributed by atoms with Gasteiger partial charge in [0.25, 0.3) is 0 Å². The number of hydrogen-bond donors (Lipinski definition) is 2. The Labute approximate surface area is 94.2 Å². The van der Waals surface area contributed by atoms with Crippen LogP contribution in [0.1, 0.15) is 58.8 Å². The standard InChI is InChI=1S/C13H26N2/c1-11(2)15-12-6-9-14-13(10-12)7-4-3-5-8-13/h11-12,14-15H,3-10H2,1-2H3. The normalized spacial score (nSPS) is 31.0. The molecule has 15 heavy (non-hydrogen) atoms. The Kier molecular flexibility index (Phi) is 3.68. The molecule has 88 valence electrons. The lowest BCUT2D eigenvalue weighted by molar-refractivity contribution is 0.153. The van der Waals surface area contributed by atoms with Gasteiger partial charge >= 0.3 is 0 Å². The second-order valence-electron chi connectivity index (χ2n) is 5.78. The topological polar surface area (TPSA) is 24.1 Å². The number of piperidine rings is 1. The van der Waals surface area contributed by atoms with E-state index >= 15 is 0 Å². The lowest BCUT2D eigenvalue weighted by Crippen LogP contribution is -2.57. The zero-order valence-corrected chi connectivity index (χ0v) is 10.3. The molecule has 0 aromatic heterocycles. The summed E-state index contributed by atoms with van der Waals surface area (Å²) in [5, 5.41) is 7.51. The average Bonchev–Trinajstić information content (AvgIpc) is 2.17. The van der Waals surface area contributed by atoms with Crippen LogP contribution in [0.3, 0.4) is 0 Å². The van der Waals surface area contributed by atoms with Crippen molar-refractivity contribution in [3.05, 3.63) is 0 Å². The summed E-state index contributed by atoms with van der Waals surface area (Å²) in [4.78, 5) is 0. The summed E-state index contributed by atoms with van der Waals surface area (Å²) in [5.74, 6) is 0. The average molecular weight is 210 g/mol. The molecule has 1 aliphatic carbocycles. The van der Waals surface area contributed by atoms with Crippen LogP contribution in [-0.2, 0) is 0 Å². The van der Waals surface area contributed by atoms with Gasteiger partial charge in [0, 0.05) is 17.6 Å². The largest absolute Gasteiger partial charge is 0.312 e. The lowest BCUT2D eigenvalue weighted by atomic mass is 9.75. The number of hydrogen-bond acceptors (Lipinski definition) is 2. The third kappa shape index (κ3) is 2.94. The molecule has 1 atom stereocenters. The van der Waals surface area contributed by atoms with Crippen molar-refractivity contribution in [2.24, 2.45) is 0 Å².